The Morgan fingerprint density at radius 1 is 1.83 bits per heavy atom. The Morgan fingerprint density at radius 3 is 3.08 bits per heavy atom. The summed E-state index contributed by atoms with van der Waals surface area (Å²) >= 11 is 0. The van der Waals surface area contributed by atoms with Gasteiger partial charge in [0.15, 0.2) is 5.78 Å². The zero-order valence-electron chi connectivity index (χ0n) is 7.38. The van der Waals surface area contributed by atoms with E-state index in [1.54, 1.807) is 13.2 Å². The molecule has 0 aromatic rings. The molecule has 2 heteroatoms. The van der Waals surface area contributed by atoms with Crippen LogP contribution in [0.15, 0.2) is 24.5 Å². The molecule has 0 spiro atoms. The lowest BCUT2D eigenvalue weighted by Crippen LogP contribution is -2.05. The van der Waals surface area contributed by atoms with Crippen LogP contribution in [0.2, 0.25) is 0 Å². The van der Waals surface area contributed by atoms with Gasteiger partial charge in [0.2, 0.25) is 0 Å². The van der Waals surface area contributed by atoms with E-state index in [1.807, 2.05) is 6.08 Å². The first-order valence-electron chi connectivity index (χ1n) is 4.17. The number of hydrogen-bond acceptors (Lipinski definition) is 2. The first-order chi connectivity index (χ1) is 5.77. The highest BCUT2D eigenvalue weighted by molar-refractivity contribution is 5.94. The molecular formula is C10H14O2. The third-order valence-electron chi connectivity index (χ3n) is 2.13. The first-order valence-corrected chi connectivity index (χ1v) is 4.17. The lowest BCUT2D eigenvalue weighted by atomic mass is 10.00. The van der Waals surface area contributed by atoms with Crippen molar-refractivity contribution in [3.05, 3.63) is 24.5 Å². The molecule has 12 heavy (non-hydrogen) atoms. The molecule has 0 fully saturated rings. The van der Waals surface area contributed by atoms with Crippen molar-refractivity contribution >= 4 is 5.78 Å². The van der Waals surface area contributed by atoms with E-state index < -0.39 is 0 Å². The largest absolute Gasteiger partial charge is 0.501 e. The molecule has 0 aliphatic heterocycles. The van der Waals surface area contributed by atoms with Gasteiger partial charge in [0.05, 0.1) is 12.9 Å². The first kappa shape index (κ1) is 9.04. The van der Waals surface area contributed by atoms with E-state index in [2.05, 4.69) is 6.58 Å². The monoisotopic (exact) mass is 166 g/mol. The minimum Gasteiger partial charge on any atom is -0.501 e. The third kappa shape index (κ3) is 1.97. The highest BCUT2D eigenvalue weighted by Gasteiger charge is 2.24. The molecule has 0 aromatic carbocycles. The summed E-state index contributed by atoms with van der Waals surface area (Å²) in [5.74, 6) is 1.15. The Balaban J connectivity index is 2.42. The Labute approximate surface area is 72.9 Å². The number of ether oxygens (including phenoxy) is 1. The van der Waals surface area contributed by atoms with Crippen LogP contribution in [0.5, 0.6) is 0 Å². The fourth-order valence-corrected chi connectivity index (χ4v) is 1.38. The van der Waals surface area contributed by atoms with Crippen LogP contribution < -0.4 is 0 Å². The molecule has 0 aromatic heterocycles. The van der Waals surface area contributed by atoms with E-state index in [0.29, 0.717) is 0 Å². The molecule has 1 atom stereocenters. The van der Waals surface area contributed by atoms with Crippen LogP contribution in [-0.2, 0) is 9.53 Å². The maximum Gasteiger partial charge on any atom is 0.162 e. The lowest BCUT2D eigenvalue weighted by Gasteiger charge is -2.05. The van der Waals surface area contributed by atoms with Crippen molar-refractivity contribution in [2.75, 3.05) is 7.11 Å². The summed E-state index contributed by atoms with van der Waals surface area (Å²) in [6.07, 6.45) is 6.02. The van der Waals surface area contributed by atoms with Crippen LogP contribution in [0.1, 0.15) is 19.3 Å². The van der Waals surface area contributed by atoms with Crippen molar-refractivity contribution in [3.63, 3.8) is 0 Å². The van der Waals surface area contributed by atoms with Gasteiger partial charge in [-0.05, 0) is 12.8 Å². The number of ketones is 1. The molecule has 0 N–H and O–H groups in total. The fourth-order valence-electron chi connectivity index (χ4n) is 1.38. The van der Waals surface area contributed by atoms with Crippen molar-refractivity contribution < 1.29 is 9.53 Å². The van der Waals surface area contributed by atoms with Gasteiger partial charge in [-0.1, -0.05) is 6.08 Å². The summed E-state index contributed by atoms with van der Waals surface area (Å²) in [6.45, 7) is 3.63. The average molecular weight is 166 g/mol. The maximum atomic E-state index is 11.3. The van der Waals surface area contributed by atoms with Gasteiger partial charge in [-0.2, -0.15) is 0 Å². The van der Waals surface area contributed by atoms with E-state index >= 15 is 0 Å². The molecule has 1 unspecified atom stereocenters. The zero-order chi connectivity index (χ0) is 8.97. The number of allylic oxidation sites excluding steroid dienone is 3. The summed E-state index contributed by atoms with van der Waals surface area (Å²) in [7, 11) is 1.61. The number of carbonyl (C=O) groups is 1. The van der Waals surface area contributed by atoms with E-state index in [9.17, 15) is 4.79 Å². The molecule has 66 valence electrons. The van der Waals surface area contributed by atoms with Crippen LogP contribution >= 0.6 is 0 Å². The Kier molecular flexibility index (Phi) is 3.09. The van der Waals surface area contributed by atoms with Gasteiger partial charge in [-0.25, -0.2) is 0 Å². The van der Waals surface area contributed by atoms with Crippen molar-refractivity contribution in [2.24, 2.45) is 5.92 Å². The Morgan fingerprint density at radius 2 is 2.58 bits per heavy atom. The van der Waals surface area contributed by atoms with Crippen LogP contribution in [-0.4, -0.2) is 12.9 Å². The van der Waals surface area contributed by atoms with Gasteiger partial charge >= 0.3 is 0 Å². The molecule has 0 heterocycles. The van der Waals surface area contributed by atoms with E-state index in [1.165, 1.54) is 0 Å². The summed E-state index contributed by atoms with van der Waals surface area (Å²) in [5.41, 5.74) is 0. The molecule has 0 bridgehead atoms. The standard InChI is InChI=1S/C10H14O2/c1-3-4-5-8-6-9(12-2)7-10(8)11/h3,7-8H,1,4-6H2,2H3. The summed E-state index contributed by atoms with van der Waals surface area (Å²) in [4.78, 5) is 11.3. The summed E-state index contributed by atoms with van der Waals surface area (Å²) in [6, 6.07) is 0. The van der Waals surface area contributed by atoms with Crippen LogP contribution in [0.3, 0.4) is 0 Å². The molecule has 1 aliphatic carbocycles. The number of methoxy groups -OCH3 is 1. The molecule has 0 saturated carbocycles. The Bertz CT molecular complexity index is 216. The smallest absolute Gasteiger partial charge is 0.162 e. The average Bonchev–Trinajstić information content (AvgIpc) is 2.43. The SMILES string of the molecule is C=CCCC1CC(OC)=CC1=O. The summed E-state index contributed by atoms with van der Waals surface area (Å²) in [5, 5.41) is 0. The van der Waals surface area contributed by atoms with Gasteiger partial charge in [0, 0.05) is 18.4 Å². The predicted octanol–water partition coefficient (Wildman–Crippen LogP) is 2.07. The highest BCUT2D eigenvalue weighted by Crippen LogP contribution is 2.25. The summed E-state index contributed by atoms with van der Waals surface area (Å²) < 4.78 is 5.01. The number of hydrogen-bond donors (Lipinski definition) is 0. The van der Waals surface area contributed by atoms with Crippen molar-refractivity contribution in [1.82, 2.24) is 0 Å². The fraction of sp³-hybridized carbons (Fsp3) is 0.500. The molecule has 0 amide bonds. The minimum atomic E-state index is 0.137. The van der Waals surface area contributed by atoms with Crippen LogP contribution in [0, 0.1) is 5.92 Å². The molecule has 2 nitrogen and oxygen atoms in total. The van der Waals surface area contributed by atoms with Crippen LogP contribution in [0.4, 0.5) is 0 Å². The van der Waals surface area contributed by atoms with Crippen molar-refractivity contribution in [2.45, 2.75) is 19.3 Å². The second-order valence-electron chi connectivity index (χ2n) is 2.98. The zero-order valence-corrected chi connectivity index (χ0v) is 7.38. The van der Waals surface area contributed by atoms with Gasteiger partial charge in [0.1, 0.15) is 0 Å². The molecule has 0 saturated heterocycles. The highest BCUT2D eigenvalue weighted by atomic mass is 16.5. The lowest BCUT2D eigenvalue weighted by molar-refractivity contribution is -0.117. The maximum absolute atomic E-state index is 11.3. The third-order valence-corrected chi connectivity index (χ3v) is 2.13. The molecule has 1 rings (SSSR count). The Hall–Kier alpha value is -1.05. The second kappa shape index (κ2) is 4.10. The number of rotatable bonds is 4. The topological polar surface area (TPSA) is 26.3 Å². The number of carbonyl (C=O) groups excluding carboxylic acids is 1. The van der Waals surface area contributed by atoms with Gasteiger partial charge < -0.3 is 4.74 Å². The second-order valence-corrected chi connectivity index (χ2v) is 2.98. The van der Waals surface area contributed by atoms with Crippen LogP contribution in [0.25, 0.3) is 0 Å². The predicted molar refractivity (Wildman–Crippen MR) is 47.6 cm³/mol. The van der Waals surface area contributed by atoms with Gasteiger partial charge in [0.25, 0.3) is 0 Å². The van der Waals surface area contributed by atoms with Gasteiger partial charge in [-0.3, -0.25) is 4.79 Å². The van der Waals surface area contributed by atoms with Crippen molar-refractivity contribution in [3.8, 4) is 0 Å². The molecule has 1 aliphatic rings. The van der Waals surface area contributed by atoms with E-state index in [0.717, 1.165) is 25.0 Å². The van der Waals surface area contributed by atoms with E-state index in [-0.39, 0.29) is 11.7 Å². The quantitative estimate of drug-likeness (QED) is 0.597. The molecular weight excluding hydrogens is 152 g/mol. The van der Waals surface area contributed by atoms with Gasteiger partial charge in [-0.15, -0.1) is 6.58 Å². The minimum absolute atomic E-state index is 0.137. The van der Waals surface area contributed by atoms with Crippen molar-refractivity contribution in [1.29, 1.82) is 0 Å². The normalized spacial score (nSPS) is 22.2. The van der Waals surface area contributed by atoms with E-state index in [4.69, 9.17) is 4.74 Å². The molecule has 0 radical (unpaired) electrons.